The van der Waals surface area contributed by atoms with Crippen LogP contribution in [-0.2, 0) is 4.79 Å². The second-order valence-corrected chi connectivity index (χ2v) is 7.85. The van der Waals surface area contributed by atoms with Crippen molar-refractivity contribution in [2.75, 3.05) is 19.6 Å². The maximum atomic E-state index is 12.1. The van der Waals surface area contributed by atoms with E-state index in [9.17, 15) is 4.79 Å². The first kappa shape index (κ1) is 17.4. The number of benzene rings is 1. The lowest BCUT2D eigenvalue weighted by Gasteiger charge is -2.28. The smallest absolute Gasteiger partial charge is 0.220 e. The van der Waals surface area contributed by atoms with E-state index < -0.39 is 0 Å². The molecule has 0 radical (unpaired) electrons. The molecule has 2 N–H and O–H groups in total. The number of rotatable bonds is 7. The Morgan fingerprint density at radius 1 is 1.36 bits per heavy atom. The summed E-state index contributed by atoms with van der Waals surface area (Å²) in [6.07, 6.45) is 3.14. The van der Waals surface area contributed by atoms with Gasteiger partial charge in [0.2, 0.25) is 5.91 Å². The molecule has 0 aliphatic carbocycles. The summed E-state index contributed by atoms with van der Waals surface area (Å²) >= 11 is 1.81. The van der Waals surface area contributed by atoms with Gasteiger partial charge < -0.3 is 10.6 Å². The zero-order chi connectivity index (χ0) is 15.8. The molecule has 1 aromatic carbocycles. The van der Waals surface area contributed by atoms with Gasteiger partial charge in [-0.05, 0) is 49.9 Å². The first-order valence-electron chi connectivity index (χ1n) is 8.34. The van der Waals surface area contributed by atoms with Crippen LogP contribution in [0.15, 0.2) is 35.2 Å². The summed E-state index contributed by atoms with van der Waals surface area (Å²) in [4.78, 5) is 13.4. The molecule has 2 rings (SSSR count). The zero-order valence-corrected chi connectivity index (χ0v) is 14.5. The second-order valence-electron chi connectivity index (χ2n) is 6.33. The van der Waals surface area contributed by atoms with Crippen molar-refractivity contribution in [1.29, 1.82) is 0 Å². The highest BCUT2D eigenvalue weighted by Crippen LogP contribution is 2.23. The molecule has 4 heteroatoms. The van der Waals surface area contributed by atoms with Crippen molar-refractivity contribution >= 4 is 17.7 Å². The third-order valence-electron chi connectivity index (χ3n) is 4.31. The van der Waals surface area contributed by atoms with Gasteiger partial charge in [-0.25, -0.2) is 0 Å². The molecule has 1 heterocycles. The number of carbonyl (C=O) groups is 1. The van der Waals surface area contributed by atoms with Gasteiger partial charge in [-0.2, -0.15) is 0 Å². The Bertz CT molecular complexity index is 446. The lowest BCUT2D eigenvalue weighted by molar-refractivity contribution is -0.122. The van der Waals surface area contributed by atoms with Crippen LogP contribution in [0.25, 0.3) is 0 Å². The highest BCUT2D eigenvalue weighted by Gasteiger charge is 2.22. The summed E-state index contributed by atoms with van der Waals surface area (Å²) in [7, 11) is 0. The molecule has 1 amide bonds. The Balaban J connectivity index is 1.66. The monoisotopic (exact) mass is 320 g/mol. The molecule has 122 valence electrons. The van der Waals surface area contributed by atoms with Gasteiger partial charge in [0.25, 0.3) is 0 Å². The van der Waals surface area contributed by atoms with E-state index in [0.717, 1.165) is 19.6 Å². The summed E-state index contributed by atoms with van der Waals surface area (Å²) in [5.41, 5.74) is 0. The average Bonchev–Trinajstić information content (AvgIpc) is 2.55. The maximum Gasteiger partial charge on any atom is 0.220 e. The molecule has 1 aliphatic rings. The van der Waals surface area contributed by atoms with Crippen molar-refractivity contribution < 1.29 is 4.79 Å². The predicted octanol–water partition coefficient (Wildman–Crippen LogP) is 3.31. The van der Waals surface area contributed by atoms with Crippen molar-refractivity contribution in [2.24, 2.45) is 11.8 Å². The molecule has 0 spiro atoms. The van der Waals surface area contributed by atoms with Gasteiger partial charge in [-0.3, -0.25) is 4.79 Å². The molecule has 22 heavy (non-hydrogen) atoms. The van der Waals surface area contributed by atoms with Crippen molar-refractivity contribution in [3.05, 3.63) is 30.3 Å². The van der Waals surface area contributed by atoms with Gasteiger partial charge in [0, 0.05) is 23.1 Å². The van der Waals surface area contributed by atoms with E-state index in [1.165, 1.54) is 17.7 Å². The van der Waals surface area contributed by atoms with E-state index in [2.05, 4.69) is 36.6 Å². The molecule has 1 saturated heterocycles. The molecule has 1 aliphatic heterocycles. The average molecular weight is 321 g/mol. The quantitative estimate of drug-likeness (QED) is 0.757. The normalized spacial score (nSPS) is 21.1. The van der Waals surface area contributed by atoms with Crippen LogP contribution >= 0.6 is 11.8 Å². The van der Waals surface area contributed by atoms with Crippen LogP contribution in [0.2, 0.25) is 0 Å². The van der Waals surface area contributed by atoms with E-state index in [-0.39, 0.29) is 5.91 Å². The van der Waals surface area contributed by atoms with Crippen molar-refractivity contribution in [1.82, 2.24) is 10.6 Å². The summed E-state index contributed by atoms with van der Waals surface area (Å²) in [6, 6.07) is 10.3. The summed E-state index contributed by atoms with van der Waals surface area (Å²) in [6.45, 7) is 7.29. The fourth-order valence-corrected chi connectivity index (χ4v) is 3.87. The van der Waals surface area contributed by atoms with E-state index in [1.54, 1.807) is 0 Å². The lowest BCUT2D eigenvalue weighted by atomic mass is 9.85. The van der Waals surface area contributed by atoms with E-state index in [0.29, 0.717) is 23.5 Å². The topological polar surface area (TPSA) is 41.1 Å². The Hall–Kier alpha value is -1.00. The van der Waals surface area contributed by atoms with Crippen LogP contribution in [0.5, 0.6) is 0 Å². The molecule has 0 saturated carbocycles. The minimum Gasteiger partial charge on any atom is -0.355 e. The number of thioether (sulfide) groups is 1. The highest BCUT2D eigenvalue weighted by molar-refractivity contribution is 8.00. The lowest BCUT2D eigenvalue weighted by Crippen LogP contribution is -2.36. The number of carbonyl (C=O) groups excluding carboxylic acids is 1. The first-order valence-corrected chi connectivity index (χ1v) is 9.22. The number of hydrogen-bond donors (Lipinski definition) is 2. The summed E-state index contributed by atoms with van der Waals surface area (Å²) < 4.78 is 0. The van der Waals surface area contributed by atoms with E-state index in [4.69, 9.17) is 0 Å². The Kier molecular flexibility index (Phi) is 7.26. The number of nitrogens with one attached hydrogen (secondary N) is 2. The SMILES string of the molecule is CC(CNC(=O)CC(C)C1CCCNC1)Sc1ccccc1. The largest absolute Gasteiger partial charge is 0.355 e. The molecule has 3 atom stereocenters. The molecule has 3 nitrogen and oxygen atoms in total. The molecule has 1 fully saturated rings. The van der Waals surface area contributed by atoms with E-state index in [1.807, 2.05) is 30.0 Å². The predicted molar refractivity (Wildman–Crippen MR) is 94.1 cm³/mol. The van der Waals surface area contributed by atoms with Crippen LogP contribution < -0.4 is 10.6 Å². The minimum absolute atomic E-state index is 0.193. The highest BCUT2D eigenvalue weighted by atomic mass is 32.2. The standard InChI is InChI=1S/C18H28N2OS/c1-14(16-7-6-10-19-13-16)11-18(21)20-12-15(2)22-17-8-4-3-5-9-17/h3-5,8-9,14-16,19H,6-7,10-13H2,1-2H3,(H,20,21). The number of piperidine rings is 1. The Morgan fingerprint density at radius 3 is 2.82 bits per heavy atom. The minimum atomic E-state index is 0.193. The van der Waals surface area contributed by atoms with Crippen molar-refractivity contribution in [3.63, 3.8) is 0 Å². The first-order chi connectivity index (χ1) is 10.6. The van der Waals surface area contributed by atoms with Gasteiger partial charge >= 0.3 is 0 Å². The fraction of sp³-hybridized carbons (Fsp3) is 0.611. The Labute approximate surface area is 138 Å². The van der Waals surface area contributed by atoms with Crippen molar-refractivity contribution in [2.45, 2.75) is 43.3 Å². The molecule has 0 aromatic heterocycles. The van der Waals surface area contributed by atoms with Crippen LogP contribution in [0.1, 0.15) is 33.1 Å². The van der Waals surface area contributed by atoms with Crippen LogP contribution in [-0.4, -0.2) is 30.8 Å². The molecular weight excluding hydrogens is 292 g/mol. The van der Waals surface area contributed by atoms with Crippen LogP contribution in [0.3, 0.4) is 0 Å². The van der Waals surface area contributed by atoms with Gasteiger partial charge in [0.05, 0.1) is 0 Å². The molecule has 1 aromatic rings. The molecule has 0 bridgehead atoms. The van der Waals surface area contributed by atoms with E-state index >= 15 is 0 Å². The zero-order valence-electron chi connectivity index (χ0n) is 13.7. The second kappa shape index (κ2) is 9.21. The summed E-state index contributed by atoms with van der Waals surface area (Å²) in [5, 5.41) is 6.91. The van der Waals surface area contributed by atoms with Gasteiger partial charge in [-0.1, -0.05) is 32.0 Å². The molecule has 3 unspecified atom stereocenters. The van der Waals surface area contributed by atoms with Gasteiger partial charge in [0.15, 0.2) is 0 Å². The number of hydrogen-bond acceptors (Lipinski definition) is 3. The van der Waals surface area contributed by atoms with Gasteiger partial charge in [-0.15, -0.1) is 11.8 Å². The third-order valence-corrected chi connectivity index (χ3v) is 5.43. The van der Waals surface area contributed by atoms with Crippen LogP contribution in [0.4, 0.5) is 0 Å². The van der Waals surface area contributed by atoms with Gasteiger partial charge in [0.1, 0.15) is 0 Å². The van der Waals surface area contributed by atoms with Crippen LogP contribution in [0, 0.1) is 11.8 Å². The fourth-order valence-electron chi connectivity index (χ4n) is 2.93. The van der Waals surface area contributed by atoms with Crippen molar-refractivity contribution in [3.8, 4) is 0 Å². The number of amides is 1. The maximum absolute atomic E-state index is 12.1. The third kappa shape index (κ3) is 6.01. The Morgan fingerprint density at radius 2 is 2.14 bits per heavy atom. The summed E-state index contributed by atoms with van der Waals surface area (Å²) in [5.74, 6) is 1.30. The molecular formula is C18H28N2OS.